The van der Waals surface area contributed by atoms with Gasteiger partial charge in [0.2, 0.25) is 0 Å². The maximum atomic E-state index is 4.80. The van der Waals surface area contributed by atoms with Crippen LogP contribution in [0.1, 0.15) is 103 Å². The molecule has 0 N–H and O–H groups in total. The van der Waals surface area contributed by atoms with Crippen molar-refractivity contribution in [3.05, 3.63) is 12.2 Å². The van der Waals surface area contributed by atoms with Gasteiger partial charge in [-0.2, -0.15) is 0 Å². The third kappa shape index (κ3) is 18.3. The van der Waals surface area contributed by atoms with Crippen molar-refractivity contribution >= 4 is 0 Å². The molecule has 6 nitrogen and oxygen atoms in total. The monoisotopic (exact) mass is 374 g/mol. The molecule has 0 bridgehead atoms. The lowest BCUT2D eigenvalue weighted by atomic mass is 10.1. The van der Waals surface area contributed by atoms with E-state index in [2.05, 4.69) is 32.3 Å². The molecule has 6 heteroatoms. The summed E-state index contributed by atoms with van der Waals surface area (Å²) in [6, 6.07) is 0. The van der Waals surface area contributed by atoms with Crippen LogP contribution >= 0.6 is 0 Å². The average molecular weight is 375 g/mol. The molecule has 0 spiro atoms. The van der Waals surface area contributed by atoms with E-state index in [9.17, 15) is 0 Å². The minimum Gasteiger partial charge on any atom is -0.204 e. The van der Waals surface area contributed by atoms with Crippen LogP contribution in [0.5, 0.6) is 0 Å². The molecule has 1 aliphatic heterocycles. The van der Waals surface area contributed by atoms with Gasteiger partial charge in [-0.3, -0.25) is 0 Å². The predicted molar refractivity (Wildman–Crippen MR) is 99.3 cm³/mol. The van der Waals surface area contributed by atoms with Crippen molar-refractivity contribution in [3.63, 3.8) is 0 Å². The Morgan fingerprint density at radius 3 is 1.12 bits per heavy atom. The lowest BCUT2D eigenvalue weighted by Gasteiger charge is -2.04. The SMILES string of the molecule is C1=CCCCCCCCCOOOOOOCCCCCCCCCC1. The summed E-state index contributed by atoms with van der Waals surface area (Å²) in [5, 5.41) is 17.2. The topological polar surface area (TPSA) is 55.4 Å². The number of rotatable bonds is 0. The molecule has 1 rings (SSSR count). The van der Waals surface area contributed by atoms with Crippen molar-refractivity contribution in [1.82, 2.24) is 0 Å². The smallest absolute Gasteiger partial charge is 0.0855 e. The van der Waals surface area contributed by atoms with Crippen LogP contribution in [0.2, 0.25) is 0 Å². The molecule has 0 fully saturated rings. The van der Waals surface area contributed by atoms with Crippen LogP contribution in [0.25, 0.3) is 0 Å². The van der Waals surface area contributed by atoms with E-state index in [1.165, 1.54) is 77.0 Å². The van der Waals surface area contributed by atoms with Gasteiger partial charge in [-0.15, -0.1) is 0 Å². The Bertz CT molecular complexity index is 270. The summed E-state index contributed by atoms with van der Waals surface area (Å²) in [6.07, 6.45) is 24.3. The van der Waals surface area contributed by atoms with Crippen LogP contribution in [0.15, 0.2) is 12.2 Å². The summed E-state index contributed by atoms with van der Waals surface area (Å²) < 4.78 is 0. The molecule has 0 amide bonds. The van der Waals surface area contributed by atoms with E-state index in [-0.39, 0.29) is 0 Å². The van der Waals surface area contributed by atoms with Crippen LogP contribution in [0, 0.1) is 0 Å². The molecule has 0 saturated heterocycles. The van der Waals surface area contributed by atoms with Gasteiger partial charge in [0, 0.05) is 0 Å². The summed E-state index contributed by atoms with van der Waals surface area (Å²) in [4.78, 5) is 9.61. The first-order valence-electron chi connectivity index (χ1n) is 10.6. The quantitative estimate of drug-likeness (QED) is 0.357. The van der Waals surface area contributed by atoms with Gasteiger partial charge in [0.1, 0.15) is 0 Å². The highest BCUT2D eigenvalue weighted by Gasteiger charge is 1.97. The first-order valence-corrected chi connectivity index (χ1v) is 10.6. The van der Waals surface area contributed by atoms with Crippen molar-refractivity contribution in [2.75, 3.05) is 13.2 Å². The zero-order valence-corrected chi connectivity index (χ0v) is 16.3. The molecule has 0 aromatic rings. The van der Waals surface area contributed by atoms with Gasteiger partial charge in [-0.05, 0) is 58.7 Å². The summed E-state index contributed by atoms with van der Waals surface area (Å²) in [5.74, 6) is 0. The van der Waals surface area contributed by atoms with Gasteiger partial charge in [0.15, 0.2) is 0 Å². The molecule has 1 heterocycles. The van der Waals surface area contributed by atoms with E-state index in [1.54, 1.807) is 0 Å². The van der Waals surface area contributed by atoms with Gasteiger partial charge >= 0.3 is 0 Å². The first-order chi connectivity index (χ1) is 13.0. The van der Waals surface area contributed by atoms with Crippen LogP contribution in [-0.4, -0.2) is 13.2 Å². The fraction of sp³-hybridized carbons (Fsp3) is 0.900. The second-order valence-electron chi connectivity index (χ2n) is 6.91. The molecule has 26 heavy (non-hydrogen) atoms. The Morgan fingerprint density at radius 1 is 0.346 bits per heavy atom. The highest BCUT2D eigenvalue weighted by Crippen LogP contribution is 2.11. The molecule has 1 aliphatic rings. The highest BCUT2D eigenvalue weighted by atomic mass is 17.8. The number of hydrogen-bond donors (Lipinski definition) is 0. The van der Waals surface area contributed by atoms with Crippen LogP contribution in [-0.2, 0) is 29.9 Å². The fourth-order valence-corrected chi connectivity index (χ4v) is 2.98. The van der Waals surface area contributed by atoms with Crippen molar-refractivity contribution in [2.45, 2.75) is 103 Å². The first kappa shape index (κ1) is 23.5. The van der Waals surface area contributed by atoms with E-state index in [0.717, 1.165) is 25.7 Å². The second-order valence-corrected chi connectivity index (χ2v) is 6.91. The maximum Gasteiger partial charge on any atom is 0.0855 e. The van der Waals surface area contributed by atoms with E-state index >= 15 is 0 Å². The Labute approximate surface area is 158 Å². The van der Waals surface area contributed by atoms with Crippen molar-refractivity contribution in [2.24, 2.45) is 0 Å². The van der Waals surface area contributed by atoms with Crippen molar-refractivity contribution in [3.8, 4) is 0 Å². The largest absolute Gasteiger partial charge is 0.204 e. The average Bonchev–Trinajstić information content (AvgIpc) is 2.65. The molecule has 0 aliphatic carbocycles. The van der Waals surface area contributed by atoms with Crippen molar-refractivity contribution in [1.29, 1.82) is 0 Å². The summed E-state index contributed by atoms with van der Waals surface area (Å²) in [7, 11) is 0. The van der Waals surface area contributed by atoms with Gasteiger partial charge in [0.25, 0.3) is 0 Å². The molecule has 154 valence electrons. The maximum absolute atomic E-state index is 4.80. The minimum absolute atomic E-state index is 0.465. The van der Waals surface area contributed by atoms with Crippen molar-refractivity contribution < 1.29 is 29.9 Å². The summed E-state index contributed by atoms with van der Waals surface area (Å²) in [5.41, 5.74) is 0. The zero-order chi connectivity index (χ0) is 18.4. The van der Waals surface area contributed by atoms with Crippen LogP contribution in [0.3, 0.4) is 0 Å². The standard InChI is InChI=1S/C20H38O6/c1-2-4-6-8-10-12-14-16-18-20-22-24-26-25-23-21-19-17-15-13-11-9-7-5-3-1/h1,3H,2,4-20H2. The fourth-order valence-electron chi connectivity index (χ4n) is 2.98. The Kier molecular flexibility index (Phi) is 18.8. The number of allylic oxidation sites excluding steroid dienone is 2. The van der Waals surface area contributed by atoms with Crippen LogP contribution < -0.4 is 0 Å². The molecule has 0 saturated carbocycles. The Balaban J connectivity index is 2.04. The van der Waals surface area contributed by atoms with E-state index in [4.69, 9.17) is 9.78 Å². The molecule has 0 aromatic heterocycles. The number of hydrogen-bond acceptors (Lipinski definition) is 6. The normalized spacial score (nSPS) is 23.4. The van der Waals surface area contributed by atoms with Gasteiger partial charge < -0.3 is 0 Å². The van der Waals surface area contributed by atoms with Gasteiger partial charge in [0.05, 0.1) is 13.2 Å². The molecule has 0 aromatic carbocycles. The lowest BCUT2D eigenvalue weighted by molar-refractivity contribution is -0.756. The predicted octanol–water partition coefficient (Wildman–Crippen LogP) is 6.47. The summed E-state index contributed by atoms with van der Waals surface area (Å²) in [6.45, 7) is 0.934. The minimum atomic E-state index is 0.465. The Morgan fingerprint density at radius 2 is 0.692 bits per heavy atom. The third-order valence-corrected chi connectivity index (χ3v) is 4.54. The Hall–Kier alpha value is -0.500. The molecule has 0 atom stereocenters. The zero-order valence-electron chi connectivity index (χ0n) is 16.3. The van der Waals surface area contributed by atoms with E-state index in [1.807, 2.05) is 0 Å². The third-order valence-electron chi connectivity index (χ3n) is 4.54. The second kappa shape index (κ2) is 20.8. The molecular weight excluding hydrogens is 336 g/mol. The molecule has 0 radical (unpaired) electrons. The highest BCUT2D eigenvalue weighted by molar-refractivity contribution is 4.81. The van der Waals surface area contributed by atoms with Crippen LogP contribution in [0.4, 0.5) is 0 Å². The molecule has 0 unspecified atom stereocenters. The molecular formula is C20H38O6. The van der Waals surface area contributed by atoms with E-state index in [0.29, 0.717) is 13.2 Å². The van der Waals surface area contributed by atoms with Gasteiger partial charge in [-0.25, -0.2) is 9.78 Å². The van der Waals surface area contributed by atoms with E-state index < -0.39 is 0 Å². The van der Waals surface area contributed by atoms with Gasteiger partial charge in [-0.1, -0.05) is 76.4 Å². The lowest BCUT2D eigenvalue weighted by Crippen LogP contribution is -2.03. The summed E-state index contributed by atoms with van der Waals surface area (Å²) >= 11 is 0.